The summed E-state index contributed by atoms with van der Waals surface area (Å²) in [4.78, 5) is 0. The van der Waals surface area contributed by atoms with Gasteiger partial charge in [0.2, 0.25) is 0 Å². The van der Waals surface area contributed by atoms with Gasteiger partial charge in [0.15, 0.2) is 0 Å². The Labute approximate surface area is 131 Å². The molecule has 2 heteroatoms. The number of ether oxygens (including phenoxy) is 1. The van der Waals surface area contributed by atoms with E-state index in [1.165, 1.54) is 56.9 Å². The zero-order valence-electron chi connectivity index (χ0n) is 14.2. The minimum atomic E-state index is -0.228. The predicted molar refractivity (Wildman–Crippen MR) is 91.8 cm³/mol. The van der Waals surface area contributed by atoms with Crippen molar-refractivity contribution in [3.8, 4) is 5.75 Å². The molecule has 1 aromatic carbocycles. The zero-order chi connectivity index (χ0) is 15.6. The summed E-state index contributed by atoms with van der Waals surface area (Å²) in [7, 11) is 1.69. The van der Waals surface area contributed by atoms with Crippen molar-refractivity contribution in [2.75, 3.05) is 7.11 Å². The SMILES string of the molecule is CCCCCCCCCCC(C)(N)c1ccc(OC)cc1. The van der Waals surface area contributed by atoms with Gasteiger partial charge in [0.1, 0.15) is 5.75 Å². The number of hydrogen-bond acceptors (Lipinski definition) is 2. The Hall–Kier alpha value is -1.02. The van der Waals surface area contributed by atoms with E-state index in [4.69, 9.17) is 10.5 Å². The summed E-state index contributed by atoms with van der Waals surface area (Å²) < 4.78 is 5.19. The molecule has 21 heavy (non-hydrogen) atoms. The van der Waals surface area contributed by atoms with Crippen LogP contribution in [0.3, 0.4) is 0 Å². The van der Waals surface area contributed by atoms with Crippen molar-refractivity contribution < 1.29 is 4.74 Å². The van der Waals surface area contributed by atoms with Gasteiger partial charge in [-0.1, -0.05) is 70.4 Å². The van der Waals surface area contributed by atoms with E-state index in [9.17, 15) is 0 Å². The maximum atomic E-state index is 6.47. The fraction of sp³-hybridized carbons (Fsp3) is 0.684. The van der Waals surface area contributed by atoms with Crippen molar-refractivity contribution in [2.24, 2.45) is 5.73 Å². The van der Waals surface area contributed by atoms with Crippen LogP contribution < -0.4 is 10.5 Å². The Morgan fingerprint density at radius 2 is 1.43 bits per heavy atom. The van der Waals surface area contributed by atoms with E-state index in [0.29, 0.717) is 0 Å². The van der Waals surface area contributed by atoms with Crippen LogP contribution in [0, 0.1) is 0 Å². The highest BCUT2D eigenvalue weighted by Crippen LogP contribution is 2.26. The number of methoxy groups -OCH3 is 1. The van der Waals surface area contributed by atoms with Crippen LogP contribution in [0.4, 0.5) is 0 Å². The molecule has 2 nitrogen and oxygen atoms in total. The van der Waals surface area contributed by atoms with Gasteiger partial charge in [-0.15, -0.1) is 0 Å². The van der Waals surface area contributed by atoms with E-state index < -0.39 is 0 Å². The average molecular weight is 291 g/mol. The van der Waals surface area contributed by atoms with Crippen LogP contribution in [-0.2, 0) is 5.54 Å². The molecular formula is C19H33NO. The van der Waals surface area contributed by atoms with Crippen molar-refractivity contribution in [3.63, 3.8) is 0 Å². The second-order valence-electron chi connectivity index (χ2n) is 6.37. The standard InChI is InChI=1S/C19H33NO/c1-4-5-6-7-8-9-10-11-16-19(2,20)17-12-14-18(21-3)15-13-17/h12-15H,4-11,16,20H2,1-3H3. The fourth-order valence-electron chi connectivity index (χ4n) is 2.74. The lowest BCUT2D eigenvalue weighted by Crippen LogP contribution is -2.32. The Morgan fingerprint density at radius 3 is 1.95 bits per heavy atom. The number of hydrogen-bond donors (Lipinski definition) is 1. The number of benzene rings is 1. The summed E-state index contributed by atoms with van der Waals surface area (Å²) in [5.74, 6) is 0.890. The highest BCUT2D eigenvalue weighted by molar-refractivity contribution is 5.31. The molecule has 0 amide bonds. The molecule has 0 bridgehead atoms. The van der Waals surface area contributed by atoms with Crippen LogP contribution in [0.5, 0.6) is 5.75 Å². The number of unbranched alkanes of at least 4 members (excludes halogenated alkanes) is 7. The fourth-order valence-corrected chi connectivity index (χ4v) is 2.74. The Morgan fingerprint density at radius 1 is 0.905 bits per heavy atom. The smallest absolute Gasteiger partial charge is 0.118 e. The zero-order valence-corrected chi connectivity index (χ0v) is 14.2. The first-order valence-electron chi connectivity index (χ1n) is 8.53. The molecule has 0 heterocycles. The average Bonchev–Trinajstić information content (AvgIpc) is 2.50. The van der Waals surface area contributed by atoms with Crippen LogP contribution in [0.15, 0.2) is 24.3 Å². The monoisotopic (exact) mass is 291 g/mol. The van der Waals surface area contributed by atoms with E-state index in [0.717, 1.165) is 12.2 Å². The molecule has 0 radical (unpaired) electrons. The molecule has 1 aromatic rings. The second kappa shape index (κ2) is 9.83. The molecule has 0 aliphatic heterocycles. The van der Waals surface area contributed by atoms with Gasteiger partial charge >= 0.3 is 0 Å². The topological polar surface area (TPSA) is 35.2 Å². The quantitative estimate of drug-likeness (QED) is 0.554. The van der Waals surface area contributed by atoms with Crippen LogP contribution in [0.2, 0.25) is 0 Å². The van der Waals surface area contributed by atoms with Crippen molar-refractivity contribution in [2.45, 2.75) is 77.2 Å². The molecule has 1 atom stereocenters. The van der Waals surface area contributed by atoms with Crippen molar-refractivity contribution in [1.82, 2.24) is 0 Å². The van der Waals surface area contributed by atoms with Gasteiger partial charge in [0.25, 0.3) is 0 Å². The molecule has 0 aliphatic rings. The minimum Gasteiger partial charge on any atom is -0.497 e. The highest BCUT2D eigenvalue weighted by atomic mass is 16.5. The molecule has 0 saturated carbocycles. The van der Waals surface area contributed by atoms with Crippen LogP contribution in [0.25, 0.3) is 0 Å². The third kappa shape index (κ3) is 6.99. The molecule has 0 spiro atoms. The first kappa shape index (κ1) is 18.0. The predicted octanol–water partition coefficient (Wildman–Crippen LogP) is 5.40. The molecular weight excluding hydrogens is 258 g/mol. The van der Waals surface area contributed by atoms with Crippen molar-refractivity contribution >= 4 is 0 Å². The van der Waals surface area contributed by atoms with Gasteiger partial charge in [-0.2, -0.15) is 0 Å². The van der Waals surface area contributed by atoms with Gasteiger partial charge < -0.3 is 10.5 Å². The van der Waals surface area contributed by atoms with E-state index in [1.54, 1.807) is 7.11 Å². The third-order valence-corrected chi connectivity index (χ3v) is 4.30. The Kier molecular flexibility index (Phi) is 8.44. The van der Waals surface area contributed by atoms with E-state index in [1.807, 2.05) is 12.1 Å². The second-order valence-corrected chi connectivity index (χ2v) is 6.37. The molecule has 0 aliphatic carbocycles. The summed E-state index contributed by atoms with van der Waals surface area (Å²) in [5.41, 5.74) is 7.44. The molecule has 0 fully saturated rings. The van der Waals surface area contributed by atoms with Crippen LogP contribution >= 0.6 is 0 Å². The molecule has 120 valence electrons. The largest absolute Gasteiger partial charge is 0.497 e. The summed E-state index contributed by atoms with van der Waals surface area (Å²) in [5, 5.41) is 0. The number of nitrogens with two attached hydrogens (primary N) is 1. The minimum absolute atomic E-state index is 0.228. The highest BCUT2D eigenvalue weighted by Gasteiger charge is 2.20. The summed E-state index contributed by atoms with van der Waals surface area (Å²) in [6.07, 6.45) is 11.8. The molecule has 1 unspecified atom stereocenters. The molecule has 2 N–H and O–H groups in total. The lowest BCUT2D eigenvalue weighted by molar-refractivity contribution is 0.408. The Balaban J connectivity index is 2.22. The van der Waals surface area contributed by atoms with Gasteiger partial charge in [0, 0.05) is 5.54 Å². The van der Waals surface area contributed by atoms with E-state index >= 15 is 0 Å². The number of rotatable bonds is 11. The summed E-state index contributed by atoms with van der Waals surface area (Å²) in [6, 6.07) is 8.16. The lowest BCUT2D eigenvalue weighted by atomic mass is 9.87. The van der Waals surface area contributed by atoms with Gasteiger partial charge in [-0.3, -0.25) is 0 Å². The first-order chi connectivity index (χ1) is 10.1. The van der Waals surface area contributed by atoms with Crippen LogP contribution in [-0.4, -0.2) is 7.11 Å². The summed E-state index contributed by atoms with van der Waals surface area (Å²) in [6.45, 7) is 4.40. The van der Waals surface area contributed by atoms with E-state index in [2.05, 4.69) is 26.0 Å². The van der Waals surface area contributed by atoms with Crippen molar-refractivity contribution in [1.29, 1.82) is 0 Å². The Bertz CT molecular complexity index is 370. The first-order valence-corrected chi connectivity index (χ1v) is 8.53. The van der Waals surface area contributed by atoms with Gasteiger partial charge in [0.05, 0.1) is 7.11 Å². The normalized spacial score (nSPS) is 13.9. The molecule has 1 rings (SSSR count). The lowest BCUT2D eigenvalue weighted by Gasteiger charge is -2.25. The van der Waals surface area contributed by atoms with Crippen molar-refractivity contribution in [3.05, 3.63) is 29.8 Å². The maximum absolute atomic E-state index is 6.47. The molecule has 0 saturated heterocycles. The van der Waals surface area contributed by atoms with E-state index in [-0.39, 0.29) is 5.54 Å². The van der Waals surface area contributed by atoms with Gasteiger partial charge in [-0.05, 0) is 31.0 Å². The maximum Gasteiger partial charge on any atom is 0.118 e. The summed E-state index contributed by atoms with van der Waals surface area (Å²) >= 11 is 0. The van der Waals surface area contributed by atoms with Crippen LogP contribution in [0.1, 0.15) is 77.2 Å². The van der Waals surface area contributed by atoms with Gasteiger partial charge in [-0.25, -0.2) is 0 Å². The molecule has 0 aromatic heterocycles. The third-order valence-electron chi connectivity index (χ3n) is 4.30.